The fraction of sp³-hybridized carbons (Fsp3) is 0.588. The monoisotopic (exact) mass is 353 g/mol. The summed E-state index contributed by atoms with van der Waals surface area (Å²) in [6.45, 7) is 0. The quantitative estimate of drug-likeness (QED) is 0.783. The molecular weight excluding hydrogens is 333 g/mol. The lowest BCUT2D eigenvalue weighted by Crippen LogP contribution is -2.33. The highest BCUT2D eigenvalue weighted by Gasteiger charge is 2.35. The van der Waals surface area contributed by atoms with Crippen molar-refractivity contribution in [3.05, 3.63) is 28.5 Å². The van der Waals surface area contributed by atoms with Gasteiger partial charge in [0.15, 0.2) is 0 Å². The van der Waals surface area contributed by atoms with Crippen LogP contribution in [-0.2, 0) is 4.79 Å². The predicted octanol–water partition coefficient (Wildman–Crippen LogP) is 5.13. The molecule has 1 aromatic rings. The van der Waals surface area contributed by atoms with Crippen molar-refractivity contribution in [1.29, 1.82) is 0 Å². The molecule has 2 aliphatic rings. The third kappa shape index (κ3) is 3.47. The molecule has 0 bridgehead atoms. The smallest absolute Gasteiger partial charge is 0.227 e. The van der Waals surface area contributed by atoms with Gasteiger partial charge in [-0.2, -0.15) is 0 Å². The van der Waals surface area contributed by atoms with Crippen LogP contribution >= 0.6 is 15.9 Å². The maximum atomic E-state index is 13.3. The van der Waals surface area contributed by atoms with Crippen LogP contribution in [0.4, 0.5) is 10.1 Å². The molecule has 0 saturated heterocycles. The van der Waals surface area contributed by atoms with Crippen molar-refractivity contribution in [1.82, 2.24) is 0 Å². The highest BCUT2D eigenvalue weighted by Crippen LogP contribution is 2.43. The van der Waals surface area contributed by atoms with Crippen molar-refractivity contribution >= 4 is 27.5 Å². The van der Waals surface area contributed by atoms with Crippen LogP contribution in [0.3, 0.4) is 0 Å². The molecule has 21 heavy (non-hydrogen) atoms. The molecule has 2 aliphatic carbocycles. The molecule has 0 spiro atoms. The molecule has 3 atom stereocenters. The van der Waals surface area contributed by atoms with Gasteiger partial charge in [0.05, 0.1) is 5.69 Å². The summed E-state index contributed by atoms with van der Waals surface area (Å²) in [5, 5.41) is 2.89. The maximum Gasteiger partial charge on any atom is 0.227 e. The molecule has 114 valence electrons. The number of carbonyl (C=O) groups excluding carboxylic acids is 1. The molecule has 2 fully saturated rings. The molecule has 0 aromatic heterocycles. The fourth-order valence-corrected chi connectivity index (χ4v) is 4.29. The van der Waals surface area contributed by atoms with E-state index in [4.69, 9.17) is 0 Å². The Balaban J connectivity index is 1.64. The summed E-state index contributed by atoms with van der Waals surface area (Å²) in [5.41, 5.74) is 0.533. The number of anilines is 1. The Kier molecular flexibility index (Phi) is 4.63. The molecule has 4 heteroatoms. The number of amides is 1. The molecule has 0 heterocycles. The summed E-state index contributed by atoms with van der Waals surface area (Å²) in [7, 11) is 0. The van der Waals surface area contributed by atoms with E-state index >= 15 is 0 Å². The first-order valence-corrected chi connectivity index (χ1v) is 8.68. The van der Waals surface area contributed by atoms with Crippen molar-refractivity contribution in [3.8, 4) is 0 Å². The third-order valence-electron chi connectivity index (χ3n) is 5.10. The number of halogens is 2. The Labute approximate surface area is 133 Å². The van der Waals surface area contributed by atoms with Gasteiger partial charge in [0.1, 0.15) is 5.82 Å². The molecule has 2 nitrogen and oxygen atoms in total. The van der Waals surface area contributed by atoms with Crippen LogP contribution in [0.5, 0.6) is 0 Å². The van der Waals surface area contributed by atoms with Gasteiger partial charge in [-0.25, -0.2) is 4.39 Å². The van der Waals surface area contributed by atoms with Crippen molar-refractivity contribution < 1.29 is 9.18 Å². The molecule has 0 aliphatic heterocycles. The van der Waals surface area contributed by atoms with E-state index in [9.17, 15) is 9.18 Å². The summed E-state index contributed by atoms with van der Waals surface area (Å²) in [6, 6.07) is 4.38. The Hall–Kier alpha value is -0.900. The Morgan fingerprint density at radius 3 is 2.71 bits per heavy atom. The molecule has 1 aromatic carbocycles. The van der Waals surface area contributed by atoms with Crippen LogP contribution < -0.4 is 5.32 Å². The van der Waals surface area contributed by atoms with Gasteiger partial charge in [0, 0.05) is 10.4 Å². The first-order chi connectivity index (χ1) is 10.1. The van der Waals surface area contributed by atoms with Crippen LogP contribution in [0, 0.1) is 23.6 Å². The summed E-state index contributed by atoms with van der Waals surface area (Å²) in [6.07, 6.45) is 8.43. The second-order valence-electron chi connectivity index (χ2n) is 6.43. The summed E-state index contributed by atoms with van der Waals surface area (Å²) >= 11 is 3.36. The van der Waals surface area contributed by atoms with Gasteiger partial charge in [0.2, 0.25) is 5.91 Å². The summed E-state index contributed by atoms with van der Waals surface area (Å²) < 4.78 is 14.0. The van der Waals surface area contributed by atoms with Crippen molar-refractivity contribution in [3.63, 3.8) is 0 Å². The van der Waals surface area contributed by atoms with E-state index in [1.54, 1.807) is 6.07 Å². The maximum absolute atomic E-state index is 13.3. The van der Waals surface area contributed by atoms with Gasteiger partial charge in [-0.05, 0) is 65.2 Å². The minimum absolute atomic E-state index is 0.0466. The van der Waals surface area contributed by atoms with E-state index < -0.39 is 0 Å². The molecule has 1 N–H and O–H groups in total. The first kappa shape index (κ1) is 15.0. The van der Waals surface area contributed by atoms with Gasteiger partial charge < -0.3 is 5.32 Å². The van der Waals surface area contributed by atoms with Gasteiger partial charge in [-0.3, -0.25) is 4.79 Å². The van der Waals surface area contributed by atoms with Crippen LogP contribution in [-0.4, -0.2) is 5.91 Å². The average Bonchev–Trinajstić information content (AvgIpc) is 2.50. The molecule has 1 amide bonds. The standard InChI is InChI=1S/C17H21BrFNO/c18-15-8-7-14(19)10-16(15)20-17(21)13-6-5-11-3-1-2-4-12(11)9-13/h7-8,10-13H,1-6,9H2,(H,20,21). The lowest BCUT2D eigenvalue weighted by atomic mass is 9.67. The second kappa shape index (κ2) is 6.47. The Bertz CT molecular complexity index is 534. The number of hydrogen-bond donors (Lipinski definition) is 1. The van der Waals surface area contributed by atoms with E-state index in [1.165, 1.54) is 44.2 Å². The number of hydrogen-bond acceptors (Lipinski definition) is 1. The van der Waals surface area contributed by atoms with Crippen LogP contribution in [0.15, 0.2) is 22.7 Å². The van der Waals surface area contributed by atoms with E-state index in [-0.39, 0.29) is 17.6 Å². The normalized spacial score (nSPS) is 28.8. The van der Waals surface area contributed by atoms with Crippen LogP contribution in [0.25, 0.3) is 0 Å². The highest BCUT2D eigenvalue weighted by atomic mass is 79.9. The summed E-state index contributed by atoms with van der Waals surface area (Å²) in [4.78, 5) is 12.5. The fourth-order valence-electron chi connectivity index (χ4n) is 3.94. The lowest BCUT2D eigenvalue weighted by molar-refractivity contribution is -0.122. The average molecular weight is 354 g/mol. The third-order valence-corrected chi connectivity index (χ3v) is 5.79. The lowest BCUT2D eigenvalue weighted by Gasteiger charge is -2.38. The zero-order valence-electron chi connectivity index (χ0n) is 12.1. The zero-order chi connectivity index (χ0) is 14.8. The van der Waals surface area contributed by atoms with E-state index in [2.05, 4.69) is 21.2 Å². The number of carbonyl (C=O) groups is 1. The Morgan fingerprint density at radius 2 is 1.90 bits per heavy atom. The number of fused-ring (bicyclic) bond motifs is 1. The van der Waals surface area contributed by atoms with Gasteiger partial charge in [-0.15, -0.1) is 0 Å². The van der Waals surface area contributed by atoms with Crippen molar-refractivity contribution in [2.24, 2.45) is 17.8 Å². The van der Waals surface area contributed by atoms with Crippen LogP contribution in [0.2, 0.25) is 0 Å². The molecule has 0 radical (unpaired) electrons. The Morgan fingerprint density at radius 1 is 1.14 bits per heavy atom. The summed E-state index contributed by atoms with van der Waals surface area (Å²) in [5.74, 6) is 1.36. The van der Waals surface area contributed by atoms with Gasteiger partial charge in [-0.1, -0.05) is 25.7 Å². The van der Waals surface area contributed by atoms with E-state index in [1.807, 2.05) is 0 Å². The topological polar surface area (TPSA) is 29.1 Å². The number of nitrogens with one attached hydrogen (secondary N) is 1. The first-order valence-electron chi connectivity index (χ1n) is 7.89. The van der Waals surface area contributed by atoms with Crippen molar-refractivity contribution in [2.75, 3.05) is 5.32 Å². The molecular formula is C17H21BrFNO. The predicted molar refractivity (Wildman–Crippen MR) is 85.5 cm³/mol. The zero-order valence-corrected chi connectivity index (χ0v) is 13.7. The molecule has 3 rings (SSSR count). The largest absolute Gasteiger partial charge is 0.325 e. The van der Waals surface area contributed by atoms with Gasteiger partial charge >= 0.3 is 0 Å². The van der Waals surface area contributed by atoms with Crippen LogP contribution in [0.1, 0.15) is 44.9 Å². The SMILES string of the molecule is O=C(Nc1cc(F)ccc1Br)C1CCC2CCCCC2C1. The van der Waals surface area contributed by atoms with Crippen molar-refractivity contribution in [2.45, 2.75) is 44.9 Å². The second-order valence-corrected chi connectivity index (χ2v) is 7.28. The number of rotatable bonds is 2. The minimum Gasteiger partial charge on any atom is -0.325 e. The highest BCUT2D eigenvalue weighted by molar-refractivity contribution is 9.10. The number of benzene rings is 1. The minimum atomic E-state index is -0.329. The molecule has 3 unspecified atom stereocenters. The van der Waals surface area contributed by atoms with E-state index in [0.29, 0.717) is 5.69 Å². The van der Waals surface area contributed by atoms with Gasteiger partial charge in [0.25, 0.3) is 0 Å². The molecule has 2 saturated carbocycles. The van der Waals surface area contributed by atoms with E-state index in [0.717, 1.165) is 29.2 Å².